The fourth-order valence-electron chi connectivity index (χ4n) is 2.03. The number of hydrogen-bond donors (Lipinski definition) is 1. The molecule has 0 aromatic heterocycles. The topological polar surface area (TPSA) is 90.9 Å². The van der Waals surface area contributed by atoms with Crippen molar-refractivity contribution in [3.8, 4) is 11.5 Å². The van der Waals surface area contributed by atoms with Crippen LogP contribution >= 0.6 is 11.8 Å². The fourth-order valence-corrected chi connectivity index (χ4v) is 3.93. The molecule has 0 aliphatic heterocycles. The molecule has 0 heterocycles. The molecule has 2 aromatic carbocycles. The van der Waals surface area contributed by atoms with E-state index in [1.54, 1.807) is 24.3 Å². The highest BCUT2D eigenvalue weighted by atomic mass is 32.2. The number of carbonyl (C=O) groups excluding carboxylic acids is 1. The number of esters is 1. The Morgan fingerprint density at radius 3 is 2.25 bits per heavy atom. The molecule has 0 spiro atoms. The lowest BCUT2D eigenvalue weighted by atomic mass is 10.3. The van der Waals surface area contributed by atoms with Gasteiger partial charge in [-0.1, -0.05) is 0 Å². The molecule has 0 amide bonds. The SMILES string of the molecule is COC(=O)COc1ccc(SCC(F)NS(=O)(=O)c2ccc(OC)cc2)cc1. The highest BCUT2D eigenvalue weighted by molar-refractivity contribution is 7.99. The van der Waals surface area contributed by atoms with Crippen LogP contribution in [0.25, 0.3) is 0 Å². The van der Waals surface area contributed by atoms with Crippen molar-refractivity contribution in [1.29, 1.82) is 0 Å². The van der Waals surface area contributed by atoms with Gasteiger partial charge in [0.25, 0.3) is 0 Å². The van der Waals surface area contributed by atoms with Crippen molar-refractivity contribution in [2.75, 3.05) is 26.6 Å². The number of alkyl halides is 1. The smallest absolute Gasteiger partial charge is 0.343 e. The minimum Gasteiger partial charge on any atom is -0.497 e. The summed E-state index contributed by atoms with van der Waals surface area (Å²) in [5.41, 5.74) is 0. The Kier molecular flexibility index (Phi) is 8.09. The summed E-state index contributed by atoms with van der Waals surface area (Å²) in [5, 5.41) is 0. The number of hydrogen-bond acceptors (Lipinski definition) is 7. The third-order valence-corrected chi connectivity index (χ3v) is 5.98. The summed E-state index contributed by atoms with van der Waals surface area (Å²) in [4.78, 5) is 11.7. The van der Waals surface area contributed by atoms with Crippen molar-refractivity contribution >= 4 is 27.8 Å². The average Bonchev–Trinajstić information content (AvgIpc) is 2.71. The van der Waals surface area contributed by atoms with Gasteiger partial charge in [0.2, 0.25) is 10.0 Å². The van der Waals surface area contributed by atoms with E-state index in [0.29, 0.717) is 11.5 Å². The molecule has 2 aromatic rings. The number of sulfonamides is 1. The van der Waals surface area contributed by atoms with Gasteiger partial charge in [0.15, 0.2) is 12.9 Å². The van der Waals surface area contributed by atoms with Gasteiger partial charge in [-0.3, -0.25) is 0 Å². The third-order valence-electron chi connectivity index (χ3n) is 3.46. The maximum Gasteiger partial charge on any atom is 0.343 e. The molecule has 0 saturated heterocycles. The van der Waals surface area contributed by atoms with Gasteiger partial charge in [0.1, 0.15) is 11.5 Å². The van der Waals surface area contributed by atoms with Crippen LogP contribution < -0.4 is 14.2 Å². The first-order chi connectivity index (χ1) is 13.3. The highest BCUT2D eigenvalue weighted by Crippen LogP contribution is 2.23. The van der Waals surface area contributed by atoms with E-state index in [9.17, 15) is 17.6 Å². The zero-order chi connectivity index (χ0) is 20.6. The molecule has 1 unspecified atom stereocenters. The number of halogens is 1. The van der Waals surface area contributed by atoms with Crippen molar-refractivity contribution in [1.82, 2.24) is 4.72 Å². The normalized spacial score (nSPS) is 12.2. The molecule has 0 saturated carbocycles. The van der Waals surface area contributed by atoms with Gasteiger partial charge in [-0.25, -0.2) is 17.6 Å². The molecule has 0 fully saturated rings. The Morgan fingerprint density at radius 2 is 1.68 bits per heavy atom. The highest BCUT2D eigenvalue weighted by Gasteiger charge is 2.20. The minimum absolute atomic E-state index is 0.0481. The van der Waals surface area contributed by atoms with E-state index in [2.05, 4.69) is 4.74 Å². The number of benzene rings is 2. The number of methoxy groups -OCH3 is 2. The van der Waals surface area contributed by atoms with Crippen LogP contribution in [0.3, 0.4) is 0 Å². The van der Waals surface area contributed by atoms with E-state index in [1.807, 2.05) is 4.72 Å². The maximum absolute atomic E-state index is 14.1. The van der Waals surface area contributed by atoms with Crippen LogP contribution in [0.15, 0.2) is 58.3 Å². The summed E-state index contributed by atoms with van der Waals surface area (Å²) in [6.07, 6.45) is -1.77. The molecule has 10 heteroatoms. The molecule has 1 N–H and O–H groups in total. The Balaban J connectivity index is 1.85. The van der Waals surface area contributed by atoms with E-state index in [1.165, 1.54) is 38.5 Å². The average molecular weight is 429 g/mol. The zero-order valence-electron chi connectivity index (χ0n) is 15.3. The van der Waals surface area contributed by atoms with Gasteiger partial charge in [-0.15, -0.1) is 11.8 Å². The van der Waals surface area contributed by atoms with Gasteiger partial charge >= 0.3 is 5.97 Å². The molecule has 7 nitrogen and oxygen atoms in total. The van der Waals surface area contributed by atoms with Crippen LogP contribution in [0.4, 0.5) is 4.39 Å². The van der Waals surface area contributed by atoms with Gasteiger partial charge in [0.05, 0.1) is 19.1 Å². The predicted octanol–water partition coefficient (Wildman–Crippen LogP) is 2.61. The maximum atomic E-state index is 14.1. The van der Waals surface area contributed by atoms with E-state index in [4.69, 9.17) is 9.47 Å². The monoisotopic (exact) mass is 429 g/mol. The molecule has 0 radical (unpaired) electrons. The van der Waals surface area contributed by atoms with E-state index in [0.717, 1.165) is 16.7 Å². The second-order valence-corrected chi connectivity index (χ2v) is 8.22. The summed E-state index contributed by atoms with van der Waals surface area (Å²) >= 11 is 1.14. The molecule has 0 aliphatic rings. The van der Waals surface area contributed by atoms with Crippen molar-refractivity contribution in [2.45, 2.75) is 16.1 Å². The minimum atomic E-state index is -3.97. The van der Waals surface area contributed by atoms with E-state index in [-0.39, 0.29) is 17.3 Å². The molecular weight excluding hydrogens is 409 g/mol. The standard InChI is InChI=1S/C18H20FNO6S2/c1-24-13-5-9-16(10-6-13)28(22,23)20-17(19)12-27-15-7-3-14(4-8-15)26-11-18(21)25-2/h3-10,17,20H,11-12H2,1-2H3. The fraction of sp³-hybridized carbons (Fsp3) is 0.278. The second kappa shape index (κ2) is 10.3. The Morgan fingerprint density at radius 1 is 1.07 bits per heavy atom. The first-order valence-electron chi connectivity index (χ1n) is 8.07. The van der Waals surface area contributed by atoms with Gasteiger partial charge < -0.3 is 14.2 Å². The van der Waals surface area contributed by atoms with Crippen LogP contribution in [0, 0.1) is 0 Å². The van der Waals surface area contributed by atoms with Gasteiger partial charge in [-0.2, -0.15) is 4.72 Å². The number of rotatable bonds is 10. The Labute approximate surface area is 167 Å². The molecular formula is C18H20FNO6S2. The number of thioether (sulfide) groups is 1. The molecule has 28 heavy (non-hydrogen) atoms. The second-order valence-electron chi connectivity index (χ2n) is 5.41. The number of carbonyl (C=O) groups is 1. The Hall–Kier alpha value is -2.30. The Bertz CT molecular complexity index is 872. The lowest BCUT2D eigenvalue weighted by Gasteiger charge is -2.12. The molecule has 2 rings (SSSR count). The summed E-state index contributed by atoms with van der Waals surface area (Å²) in [6, 6.07) is 12.3. The summed E-state index contributed by atoms with van der Waals surface area (Å²) in [7, 11) is -1.24. The molecule has 152 valence electrons. The van der Waals surface area contributed by atoms with Crippen molar-refractivity contribution in [2.24, 2.45) is 0 Å². The molecule has 1 atom stereocenters. The quantitative estimate of drug-likeness (QED) is 0.353. The molecule has 0 aliphatic carbocycles. The summed E-state index contributed by atoms with van der Waals surface area (Å²) in [6.45, 7) is -0.206. The summed E-state index contributed by atoms with van der Waals surface area (Å²) in [5.74, 6) is 0.359. The van der Waals surface area contributed by atoms with Crippen molar-refractivity contribution in [3.63, 3.8) is 0 Å². The van der Waals surface area contributed by atoms with Crippen LogP contribution in [-0.4, -0.2) is 47.3 Å². The van der Waals surface area contributed by atoms with E-state index >= 15 is 0 Å². The lowest BCUT2D eigenvalue weighted by Crippen LogP contribution is -2.33. The van der Waals surface area contributed by atoms with Crippen molar-refractivity contribution in [3.05, 3.63) is 48.5 Å². The number of ether oxygens (including phenoxy) is 3. The van der Waals surface area contributed by atoms with Gasteiger partial charge in [-0.05, 0) is 48.5 Å². The zero-order valence-corrected chi connectivity index (χ0v) is 16.9. The predicted molar refractivity (Wildman–Crippen MR) is 103 cm³/mol. The molecule has 0 bridgehead atoms. The first-order valence-corrected chi connectivity index (χ1v) is 10.5. The third kappa shape index (κ3) is 6.70. The van der Waals surface area contributed by atoms with E-state index < -0.39 is 22.3 Å². The first kappa shape index (κ1) is 22.0. The van der Waals surface area contributed by atoms with Crippen molar-refractivity contribution < 1.29 is 31.8 Å². The lowest BCUT2D eigenvalue weighted by molar-refractivity contribution is -0.142. The largest absolute Gasteiger partial charge is 0.497 e. The summed E-state index contributed by atoms with van der Waals surface area (Å²) < 4.78 is 55.2. The van der Waals surface area contributed by atoms with Crippen LogP contribution in [0.1, 0.15) is 0 Å². The van der Waals surface area contributed by atoms with Crippen LogP contribution in [0.2, 0.25) is 0 Å². The van der Waals surface area contributed by atoms with Gasteiger partial charge in [0, 0.05) is 10.6 Å². The van der Waals surface area contributed by atoms with Crippen LogP contribution in [0.5, 0.6) is 11.5 Å². The number of nitrogens with one attached hydrogen (secondary N) is 1. The van der Waals surface area contributed by atoms with Crippen LogP contribution in [-0.2, 0) is 19.6 Å².